The van der Waals surface area contributed by atoms with Gasteiger partial charge < -0.3 is 33.9 Å². The summed E-state index contributed by atoms with van der Waals surface area (Å²) in [5.74, 6) is 2.09. The second-order valence-corrected chi connectivity index (χ2v) is 8.91. The third kappa shape index (κ3) is 4.63. The SMILES string of the molecule is COc1cc(-c2ccc3c(N4CCOCC4)nc(N4CC(C)OC(C)C4)nc3n2)cc(OC)c1O. The van der Waals surface area contributed by atoms with Crippen LogP contribution >= 0.6 is 0 Å². The van der Waals surface area contributed by atoms with E-state index in [4.69, 9.17) is 33.9 Å². The van der Waals surface area contributed by atoms with E-state index in [1.165, 1.54) is 14.2 Å². The summed E-state index contributed by atoms with van der Waals surface area (Å²) in [7, 11) is 3.01. The summed E-state index contributed by atoms with van der Waals surface area (Å²) >= 11 is 0. The van der Waals surface area contributed by atoms with Crippen LogP contribution in [0.15, 0.2) is 24.3 Å². The number of phenolic OH excluding ortho intramolecular Hbond substituents is 1. The minimum atomic E-state index is -0.0469. The number of ether oxygens (including phenoxy) is 4. The molecule has 3 aromatic rings. The number of phenols is 1. The smallest absolute Gasteiger partial charge is 0.229 e. The Hall–Kier alpha value is -3.37. The van der Waals surface area contributed by atoms with E-state index in [2.05, 4.69) is 23.6 Å². The van der Waals surface area contributed by atoms with Crippen LogP contribution in [0.2, 0.25) is 0 Å². The number of aromatic nitrogens is 3. The predicted octanol–water partition coefficient (Wildman–Crippen LogP) is 2.86. The molecule has 2 aliphatic heterocycles. The van der Waals surface area contributed by atoms with Crippen LogP contribution in [0.3, 0.4) is 0 Å². The monoisotopic (exact) mass is 481 g/mol. The Balaban J connectivity index is 1.63. The first-order valence-electron chi connectivity index (χ1n) is 11.8. The van der Waals surface area contributed by atoms with Crippen molar-refractivity contribution in [2.45, 2.75) is 26.1 Å². The van der Waals surface area contributed by atoms with E-state index >= 15 is 0 Å². The van der Waals surface area contributed by atoms with Crippen molar-refractivity contribution in [1.82, 2.24) is 15.0 Å². The molecular weight excluding hydrogens is 450 g/mol. The first-order chi connectivity index (χ1) is 17.0. The van der Waals surface area contributed by atoms with Gasteiger partial charge in [0.15, 0.2) is 17.1 Å². The van der Waals surface area contributed by atoms with E-state index in [0.29, 0.717) is 55.1 Å². The van der Waals surface area contributed by atoms with Crippen LogP contribution in [0.1, 0.15) is 13.8 Å². The van der Waals surface area contributed by atoms with E-state index in [1.54, 1.807) is 12.1 Å². The molecule has 35 heavy (non-hydrogen) atoms. The summed E-state index contributed by atoms with van der Waals surface area (Å²) in [6.45, 7) is 8.39. The lowest BCUT2D eigenvalue weighted by atomic mass is 10.1. The molecule has 4 heterocycles. The van der Waals surface area contributed by atoms with Gasteiger partial charge in [0.2, 0.25) is 11.7 Å². The molecule has 10 heteroatoms. The van der Waals surface area contributed by atoms with Crippen LogP contribution < -0.4 is 19.3 Å². The number of hydrogen-bond donors (Lipinski definition) is 1. The van der Waals surface area contributed by atoms with E-state index < -0.39 is 0 Å². The van der Waals surface area contributed by atoms with Crippen LogP contribution in [0.25, 0.3) is 22.3 Å². The van der Waals surface area contributed by atoms with Crippen molar-refractivity contribution in [1.29, 1.82) is 0 Å². The van der Waals surface area contributed by atoms with Gasteiger partial charge in [0.25, 0.3) is 0 Å². The van der Waals surface area contributed by atoms with Crippen LogP contribution in [-0.4, -0.2) is 85.9 Å². The molecule has 2 aromatic heterocycles. The predicted molar refractivity (Wildman–Crippen MR) is 133 cm³/mol. The Labute approximate surface area is 204 Å². The summed E-state index contributed by atoms with van der Waals surface area (Å²) in [5.41, 5.74) is 2.04. The molecule has 0 aliphatic carbocycles. The van der Waals surface area contributed by atoms with Crippen molar-refractivity contribution in [3.8, 4) is 28.5 Å². The number of nitrogens with zero attached hydrogens (tertiary/aromatic N) is 5. The van der Waals surface area contributed by atoms with E-state index in [-0.39, 0.29) is 18.0 Å². The lowest BCUT2D eigenvalue weighted by Crippen LogP contribution is -2.46. The highest BCUT2D eigenvalue weighted by Gasteiger charge is 2.27. The van der Waals surface area contributed by atoms with Gasteiger partial charge in [-0.15, -0.1) is 0 Å². The second kappa shape index (κ2) is 9.71. The van der Waals surface area contributed by atoms with Gasteiger partial charge in [0, 0.05) is 31.7 Å². The summed E-state index contributed by atoms with van der Waals surface area (Å²) in [6.07, 6.45) is 0.169. The molecule has 2 aliphatic rings. The molecule has 0 spiro atoms. The topological polar surface area (TPSA) is 102 Å². The number of fused-ring (bicyclic) bond motifs is 1. The number of anilines is 2. The number of rotatable bonds is 5. The van der Waals surface area contributed by atoms with Crippen molar-refractivity contribution >= 4 is 22.8 Å². The highest BCUT2D eigenvalue weighted by atomic mass is 16.5. The first kappa shape index (κ1) is 23.4. The van der Waals surface area contributed by atoms with Crippen molar-refractivity contribution in [2.75, 3.05) is 63.4 Å². The van der Waals surface area contributed by atoms with Gasteiger partial charge in [0.1, 0.15) is 5.82 Å². The minimum Gasteiger partial charge on any atom is -0.502 e. The van der Waals surface area contributed by atoms with Crippen LogP contribution in [-0.2, 0) is 9.47 Å². The Kier molecular flexibility index (Phi) is 6.48. The Morgan fingerprint density at radius 3 is 2.20 bits per heavy atom. The molecule has 186 valence electrons. The molecule has 1 aromatic carbocycles. The van der Waals surface area contributed by atoms with Gasteiger partial charge in [0.05, 0.1) is 50.7 Å². The average Bonchev–Trinajstić information content (AvgIpc) is 2.87. The molecule has 1 N–H and O–H groups in total. The maximum Gasteiger partial charge on any atom is 0.229 e. The zero-order valence-corrected chi connectivity index (χ0v) is 20.5. The van der Waals surface area contributed by atoms with Gasteiger partial charge in [-0.25, -0.2) is 4.98 Å². The molecule has 5 rings (SSSR count). The van der Waals surface area contributed by atoms with Crippen molar-refractivity contribution < 1.29 is 24.1 Å². The minimum absolute atomic E-state index is 0.0469. The number of aromatic hydroxyl groups is 1. The third-order valence-corrected chi connectivity index (χ3v) is 6.32. The molecule has 2 saturated heterocycles. The number of benzene rings is 1. The first-order valence-corrected chi connectivity index (χ1v) is 11.8. The number of methoxy groups -OCH3 is 2. The lowest BCUT2D eigenvalue weighted by Gasteiger charge is -2.36. The summed E-state index contributed by atoms with van der Waals surface area (Å²) in [4.78, 5) is 19.2. The number of pyridine rings is 1. The Bertz CT molecular complexity index is 1180. The fourth-order valence-corrected chi connectivity index (χ4v) is 4.68. The molecule has 2 fully saturated rings. The van der Waals surface area contributed by atoms with E-state index in [0.717, 1.165) is 29.9 Å². The normalized spacial score (nSPS) is 20.8. The highest BCUT2D eigenvalue weighted by Crippen LogP contribution is 2.40. The summed E-state index contributed by atoms with van der Waals surface area (Å²) in [5, 5.41) is 11.2. The average molecular weight is 482 g/mol. The molecule has 0 amide bonds. The lowest BCUT2D eigenvalue weighted by molar-refractivity contribution is -0.00570. The third-order valence-electron chi connectivity index (χ3n) is 6.32. The van der Waals surface area contributed by atoms with Crippen LogP contribution in [0.4, 0.5) is 11.8 Å². The number of morpholine rings is 2. The van der Waals surface area contributed by atoms with Gasteiger partial charge >= 0.3 is 0 Å². The standard InChI is InChI=1S/C25H31N5O5/c1-15-13-30(14-16(2)35-15)25-27-23-18(24(28-25)29-7-9-34-10-8-29)5-6-19(26-23)17-11-20(32-3)22(31)21(12-17)33-4/h5-6,11-12,15-16,31H,7-10,13-14H2,1-4H3. The fourth-order valence-electron chi connectivity index (χ4n) is 4.68. The van der Waals surface area contributed by atoms with Gasteiger partial charge in [-0.1, -0.05) is 0 Å². The molecule has 0 radical (unpaired) electrons. The largest absolute Gasteiger partial charge is 0.502 e. The molecule has 2 atom stereocenters. The second-order valence-electron chi connectivity index (χ2n) is 8.91. The quantitative estimate of drug-likeness (QED) is 0.585. The maximum atomic E-state index is 10.3. The summed E-state index contributed by atoms with van der Waals surface area (Å²) < 4.78 is 22.2. The molecular formula is C25H31N5O5. The zero-order valence-electron chi connectivity index (χ0n) is 20.5. The maximum absolute atomic E-state index is 10.3. The van der Waals surface area contributed by atoms with E-state index in [1.807, 2.05) is 12.1 Å². The Morgan fingerprint density at radius 2 is 1.57 bits per heavy atom. The summed E-state index contributed by atoms with van der Waals surface area (Å²) in [6, 6.07) is 7.41. The molecule has 0 saturated carbocycles. The molecule has 2 unspecified atom stereocenters. The van der Waals surface area contributed by atoms with Gasteiger partial charge in [-0.3, -0.25) is 0 Å². The van der Waals surface area contributed by atoms with Crippen molar-refractivity contribution in [2.24, 2.45) is 0 Å². The van der Waals surface area contributed by atoms with Crippen LogP contribution in [0, 0.1) is 0 Å². The van der Waals surface area contributed by atoms with Crippen LogP contribution in [0.5, 0.6) is 17.2 Å². The van der Waals surface area contributed by atoms with Crippen molar-refractivity contribution in [3.05, 3.63) is 24.3 Å². The fraction of sp³-hybridized carbons (Fsp3) is 0.480. The molecule has 0 bridgehead atoms. The molecule has 10 nitrogen and oxygen atoms in total. The van der Waals surface area contributed by atoms with Crippen molar-refractivity contribution in [3.63, 3.8) is 0 Å². The van der Waals surface area contributed by atoms with E-state index in [9.17, 15) is 5.11 Å². The highest BCUT2D eigenvalue weighted by molar-refractivity contribution is 5.90. The van der Waals surface area contributed by atoms with Gasteiger partial charge in [-0.05, 0) is 38.1 Å². The Morgan fingerprint density at radius 1 is 0.914 bits per heavy atom. The van der Waals surface area contributed by atoms with Gasteiger partial charge in [-0.2, -0.15) is 9.97 Å². The zero-order chi connectivity index (χ0) is 24.5. The number of hydrogen-bond acceptors (Lipinski definition) is 10.